The number of likely N-dealkylation sites (tertiary alicyclic amines) is 1. The van der Waals surface area contributed by atoms with Gasteiger partial charge in [0.05, 0.1) is 12.4 Å². The fourth-order valence-electron chi connectivity index (χ4n) is 4.78. The first-order chi connectivity index (χ1) is 14.9. The smallest absolute Gasteiger partial charge is 0.259 e. The third kappa shape index (κ3) is 3.54. The molecule has 8 nitrogen and oxygen atoms in total. The predicted octanol–water partition coefficient (Wildman–Crippen LogP) is 2.56. The number of aromatic nitrogens is 5. The minimum atomic E-state index is -0.557. The molecule has 0 aliphatic carbocycles. The number of hydrogen-bond acceptors (Lipinski definition) is 6. The van der Waals surface area contributed by atoms with Crippen LogP contribution >= 0.6 is 0 Å². The summed E-state index contributed by atoms with van der Waals surface area (Å²) in [7, 11) is 0. The van der Waals surface area contributed by atoms with Crippen molar-refractivity contribution in [3.05, 3.63) is 59.4 Å². The normalized spacial score (nSPS) is 17.6. The summed E-state index contributed by atoms with van der Waals surface area (Å²) < 4.78 is 14.8. The monoisotopic (exact) mass is 421 g/mol. The van der Waals surface area contributed by atoms with E-state index >= 15 is 0 Å². The quantitative estimate of drug-likeness (QED) is 0.647. The molecular weight excluding hydrogens is 397 g/mol. The van der Waals surface area contributed by atoms with Crippen LogP contribution in [0.4, 0.5) is 10.3 Å². The second-order valence-electron chi connectivity index (χ2n) is 8.59. The van der Waals surface area contributed by atoms with Gasteiger partial charge in [0.25, 0.3) is 5.91 Å². The molecule has 31 heavy (non-hydrogen) atoms. The van der Waals surface area contributed by atoms with Crippen LogP contribution in [0, 0.1) is 25.1 Å². The van der Waals surface area contributed by atoms with Crippen molar-refractivity contribution in [1.29, 1.82) is 0 Å². The number of aryl methyl sites for hydroxylation is 2. The Morgan fingerprint density at radius 1 is 1.06 bits per heavy atom. The van der Waals surface area contributed by atoms with Crippen molar-refractivity contribution < 1.29 is 9.18 Å². The van der Waals surface area contributed by atoms with E-state index in [0.717, 1.165) is 43.3 Å². The lowest BCUT2D eigenvalue weighted by atomic mass is 9.73. The summed E-state index contributed by atoms with van der Waals surface area (Å²) in [5, 5.41) is 8.15. The van der Waals surface area contributed by atoms with E-state index in [1.165, 1.54) is 23.3 Å². The lowest BCUT2D eigenvalue weighted by molar-refractivity contribution is 0.0411. The minimum absolute atomic E-state index is 0.00963. The van der Waals surface area contributed by atoms with Gasteiger partial charge in [-0.3, -0.25) is 4.79 Å². The molecule has 4 heterocycles. The van der Waals surface area contributed by atoms with E-state index in [0.29, 0.717) is 18.8 Å². The summed E-state index contributed by atoms with van der Waals surface area (Å²) in [6, 6.07) is 6.50. The Bertz CT molecular complexity index is 1100. The molecular formula is C22H24FN7O. The molecule has 0 unspecified atom stereocenters. The number of amides is 1. The van der Waals surface area contributed by atoms with E-state index in [1.807, 2.05) is 19.9 Å². The number of piperidine rings is 1. The Kier molecular flexibility index (Phi) is 4.68. The zero-order chi connectivity index (χ0) is 21.6. The van der Waals surface area contributed by atoms with Gasteiger partial charge in [0, 0.05) is 43.0 Å². The molecule has 0 atom stereocenters. The van der Waals surface area contributed by atoms with Crippen LogP contribution in [-0.4, -0.2) is 61.9 Å². The highest BCUT2D eigenvalue weighted by Gasteiger charge is 2.48. The summed E-state index contributed by atoms with van der Waals surface area (Å²) >= 11 is 0. The van der Waals surface area contributed by atoms with Gasteiger partial charge in [0.1, 0.15) is 17.1 Å². The molecule has 1 spiro atoms. The van der Waals surface area contributed by atoms with E-state index in [1.54, 1.807) is 17.0 Å². The highest BCUT2D eigenvalue weighted by Crippen LogP contribution is 2.41. The lowest BCUT2D eigenvalue weighted by Crippen LogP contribution is -2.64. The van der Waals surface area contributed by atoms with Crippen molar-refractivity contribution in [2.45, 2.75) is 26.7 Å². The van der Waals surface area contributed by atoms with Crippen molar-refractivity contribution in [3.63, 3.8) is 0 Å². The molecule has 1 aromatic carbocycles. The van der Waals surface area contributed by atoms with Crippen molar-refractivity contribution in [1.82, 2.24) is 29.9 Å². The van der Waals surface area contributed by atoms with Crippen molar-refractivity contribution in [2.24, 2.45) is 5.41 Å². The van der Waals surface area contributed by atoms with Gasteiger partial charge in [-0.15, -0.1) is 0 Å². The molecule has 1 amide bonds. The molecule has 2 fully saturated rings. The summed E-state index contributed by atoms with van der Waals surface area (Å²) in [6.45, 7) is 6.73. The second-order valence-corrected chi connectivity index (χ2v) is 8.59. The van der Waals surface area contributed by atoms with Crippen LogP contribution in [-0.2, 0) is 0 Å². The van der Waals surface area contributed by atoms with Crippen LogP contribution in [0.2, 0.25) is 0 Å². The summed E-state index contributed by atoms with van der Waals surface area (Å²) in [5.74, 6) is -0.128. The maximum absolute atomic E-state index is 14.8. The van der Waals surface area contributed by atoms with Gasteiger partial charge < -0.3 is 9.80 Å². The summed E-state index contributed by atoms with van der Waals surface area (Å²) in [5.41, 5.74) is 2.26. The molecule has 2 aliphatic heterocycles. The number of hydrogen-bond donors (Lipinski definition) is 0. The van der Waals surface area contributed by atoms with E-state index in [9.17, 15) is 9.18 Å². The lowest BCUT2D eigenvalue weighted by Gasteiger charge is -2.54. The molecule has 9 heteroatoms. The van der Waals surface area contributed by atoms with E-state index in [4.69, 9.17) is 0 Å². The summed E-state index contributed by atoms with van der Waals surface area (Å²) in [6.07, 6.45) is 4.93. The number of carbonyl (C=O) groups excluding carboxylic acids is 1. The zero-order valence-corrected chi connectivity index (χ0v) is 17.6. The first-order valence-corrected chi connectivity index (χ1v) is 10.5. The van der Waals surface area contributed by atoms with Crippen molar-refractivity contribution in [3.8, 4) is 5.69 Å². The average Bonchev–Trinajstić information content (AvgIpc) is 3.25. The zero-order valence-electron chi connectivity index (χ0n) is 17.6. The van der Waals surface area contributed by atoms with Crippen molar-refractivity contribution in [2.75, 3.05) is 31.1 Å². The highest BCUT2D eigenvalue weighted by atomic mass is 19.1. The maximum atomic E-state index is 14.8. The van der Waals surface area contributed by atoms with E-state index in [2.05, 4.69) is 25.1 Å². The average molecular weight is 421 g/mol. The van der Waals surface area contributed by atoms with Gasteiger partial charge in [-0.1, -0.05) is 6.07 Å². The van der Waals surface area contributed by atoms with E-state index < -0.39 is 5.82 Å². The largest absolute Gasteiger partial charge is 0.339 e. The Morgan fingerprint density at radius 2 is 1.77 bits per heavy atom. The Balaban J connectivity index is 1.36. The standard InChI is InChI=1S/C22H24FN7O/c1-15-11-16(2)27-21(26-15)29-13-22(14-29)7-4-10-28(12-22)20(31)19-17(23)5-3-6-18(19)30-24-8-9-25-30/h3,5-6,8-9,11H,4,7,10,12-14H2,1-2H3. The van der Waals surface area contributed by atoms with Crippen LogP contribution < -0.4 is 4.90 Å². The molecule has 5 rings (SSSR count). The Labute approximate surface area is 179 Å². The molecule has 3 aromatic rings. The molecule has 0 bridgehead atoms. The van der Waals surface area contributed by atoms with Crippen LogP contribution in [0.25, 0.3) is 5.69 Å². The van der Waals surface area contributed by atoms with Gasteiger partial charge in [-0.25, -0.2) is 14.4 Å². The molecule has 2 aliphatic rings. The van der Waals surface area contributed by atoms with Gasteiger partial charge in [-0.05, 0) is 44.9 Å². The second kappa shape index (κ2) is 7.40. The third-order valence-electron chi connectivity index (χ3n) is 6.09. The fourth-order valence-corrected chi connectivity index (χ4v) is 4.78. The highest BCUT2D eigenvalue weighted by molar-refractivity contribution is 5.98. The number of halogens is 1. The van der Waals surface area contributed by atoms with Crippen LogP contribution in [0.5, 0.6) is 0 Å². The topological polar surface area (TPSA) is 80.0 Å². The number of carbonyl (C=O) groups is 1. The Hall–Kier alpha value is -3.36. The predicted molar refractivity (Wildman–Crippen MR) is 113 cm³/mol. The minimum Gasteiger partial charge on any atom is -0.339 e. The molecule has 160 valence electrons. The number of rotatable bonds is 3. The molecule has 2 aromatic heterocycles. The maximum Gasteiger partial charge on any atom is 0.259 e. The molecule has 0 saturated carbocycles. The van der Waals surface area contributed by atoms with Gasteiger partial charge >= 0.3 is 0 Å². The fraction of sp³-hybridized carbons (Fsp3) is 0.409. The summed E-state index contributed by atoms with van der Waals surface area (Å²) in [4.78, 5) is 27.7. The van der Waals surface area contributed by atoms with E-state index in [-0.39, 0.29) is 16.9 Å². The van der Waals surface area contributed by atoms with Crippen LogP contribution in [0.15, 0.2) is 36.7 Å². The van der Waals surface area contributed by atoms with Gasteiger partial charge in [-0.2, -0.15) is 15.0 Å². The van der Waals surface area contributed by atoms with Crippen LogP contribution in [0.1, 0.15) is 34.6 Å². The SMILES string of the molecule is Cc1cc(C)nc(N2CC3(CCCN(C(=O)c4c(F)cccc4-n4nccn4)C3)C2)n1. The van der Waals surface area contributed by atoms with Crippen molar-refractivity contribution >= 4 is 11.9 Å². The number of benzene rings is 1. The number of anilines is 1. The third-order valence-corrected chi connectivity index (χ3v) is 6.09. The Morgan fingerprint density at radius 3 is 2.48 bits per heavy atom. The van der Waals surface area contributed by atoms with Crippen LogP contribution in [0.3, 0.4) is 0 Å². The van der Waals surface area contributed by atoms with Gasteiger partial charge in [0.15, 0.2) is 0 Å². The van der Waals surface area contributed by atoms with Gasteiger partial charge in [0.2, 0.25) is 5.95 Å². The first-order valence-electron chi connectivity index (χ1n) is 10.5. The molecule has 2 saturated heterocycles. The molecule has 0 N–H and O–H groups in total. The number of nitrogens with zero attached hydrogens (tertiary/aromatic N) is 7. The molecule has 0 radical (unpaired) electrons. The first kappa shape index (κ1) is 19.6.